The summed E-state index contributed by atoms with van der Waals surface area (Å²) in [5.41, 5.74) is 0.0496. The van der Waals surface area contributed by atoms with Crippen LogP contribution in [0.15, 0.2) is 33.6 Å². The van der Waals surface area contributed by atoms with Crippen molar-refractivity contribution in [3.63, 3.8) is 0 Å². The van der Waals surface area contributed by atoms with E-state index in [1.807, 2.05) is 29.2 Å². The lowest BCUT2D eigenvalue weighted by molar-refractivity contribution is -0.133. The van der Waals surface area contributed by atoms with Gasteiger partial charge in [-0.05, 0) is 49.4 Å². The third-order valence-corrected chi connectivity index (χ3v) is 7.15. The molecule has 5 heteroatoms. The van der Waals surface area contributed by atoms with Crippen molar-refractivity contribution >= 4 is 32.6 Å². The Bertz CT molecular complexity index is 594. The van der Waals surface area contributed by atoms with Crippen LogP contribution in [-0.4, -0.2) is 33.4 Å². The van der Waals surface area contributed by atoms with Crippen molar-refractivity contribution in [2.24, 2.45) is 11.3 Å². The summed E-state index contributed by atoms with van der Waals surface area (Å²) in [6, 6.07) is 7.65. The Balaban J connectivity index is 1.44. The van der Waals surface area contributed by atoms with Crippen molar-refractivity contribution < 1.29 is 9.00 Å². The number of hydrogen-bond acceptors (Lipinski definition) is 2. The molecule has 0 bridgehead atoms. The highest BCUT2D eigenvalue weighted by Crippen LogP contribution is 2.76. The number of amides is 1. The van der Waals surface area contributed by atoms with Crippen LogP contribution in [0, 0.1) is 11.3 Å². The molecule has 3 aliphatic rings. The summed E-state index contributed by atoms with van der Waals surface area (Å²) in [4.78, 5) is 15.2. The maximum atomic E-state index is 12.6. The van der Waals surface area contributed by atoms with Gasteiger partial charge >= 0.3 is 0 Å². The van der Waals surface area contributed by atoms with E-state index in [-0.39, 0.29) is 10.7 Å². The monoisotopic (exact) mass is 353 g/mol. The van der Waals surface area contributed by atoms with Crippen LogP contribution in [0.2, 0.25) is 0 Å². The van der Waals surface area contributed by atoms with Gasteiger partial charge in [-0.15, -0.1) is 0 Å². The van der Waals surface area contributed by atoms with Crippen LogP contribution in [0.5, 0.6) is 0 Å². The molecule has 1 aliphatic heterocycles. The Morgan fingerprint density at radius 2 is 1.95 bits per heavy atom. The van der Waals surface area contributed by atoms with Crippen molar-refractivity contribution in [2.75, 3.05) is 13.1 Å². The molecule has 106 valence electrons. The fraction of sp³-hybridized carbons (Fsp3) is 0.533. The lowest BCUT2D eigenvalue weighted by Gasteiger charge is -2.18. The van der Waals surface area contributed by atoms with E-state index < -0.39 is 10.8 Å². The first kappa shape index (κ1) is 13.0. The molecule has 0 N–H and O–H groups in total. The number of hydrogen-bond donors (Lipinski definition) is 0. The SMILES string of the molecule is O=C(N1CCC(S(=O)c2ccc(Br)cc2)C1)C12CC1C2. The number of carbonyl (C=O) groups excluding carboxylic acids is 1. The van der Waals surface area contributed by atoms with Crippen LogP contribution < -0.4 is 0 Å². The van der Waals surface area contributed by atoms with Gasteiger partial charge in [0.05, 0.1) is 21.5 Å². The van der Waals surface area contributed by atoms with Gasteiger partial charge in [-0.2, -0.15) is 0 Å². The molecule has 0 radical (unpaired) electrons. The molecule has 1 amide bonds. The Morgan fingerprint density at radius 1 is 1.30 bits per heavy atom. The second-order valence-corrected chi connectivity index (χ2v) is 8.82. The second-order valence-electron chi connectivity index (χ2n) is 6.17. The van der Waals surface area contributed by atoms with Gasteiger partial charge in [0.1, 0.15) is 0 Å². The fourth-order valence-electron chi connectivity index (χ4n) is 3.21. The van der Waals surface area contributed by atoms with Gasteiger partial charge in [-0.1, -0.05) is 15.9 Å². The number of likely N-dealkylation sites (tertiary alicyclic amines) is 1. The number of rotatable bonds is 3. The minimum Gasteiger partial charge on any atom is -0.341 e. The maximum Gasteiger partial charge on any atom is 0.229 e. The van der Waals surface area contributed by atoms with E-state index in [1.54, 1.807) is 0 Å². The fourth-order valence-corrected chi connectivity index (χ4v) is 4.90. The van der Waals surface area contributed by atoms with Crippen LogP contribution in [0.25, 0.3) is 0 Å². The molecule has 1 heterocycles. The standard InChI is InChI=1S/C15H16BrNO2S/c16-11-1-3-12(4-2-11)20(19)13-5-6-17(9-13)14(18)15-7-10(15)8-15/h1-4,10,13H,5-9H2. The van der Waals surface area contributed by atoms with Crippen molar-refractivity contribution in [1.82, 2.24) is 4.90 Å². The van der Waals surface area contributed by atoms with E-state index in [1.165, 1.54) is 0 Å². The van der Waals surface area contributed by atoms with Crippen LogP contribution in [0.3, 0.4) is 0 Å². The highest BCUT2D eigenvalue weighted by atomic mass is 79.9. The van der Waals surface area contributed by atoms with Crippen LogP contribution in [0.4, 0.5) is 0 Å². The smallest absolute Gasteiger partial charge is 0.229 e. The normalized spacial score (nSPS) is 35.5. The minimum atomic E-state index is -1.01. The minimum absolute atomic E-state index is 0.0496. The number of halogens is 1. The molecule has 4 rings (SSSR count). The largest absolute Gasteiger partial charge is 0.341 e. The molecular formula is C15H16BrNO2S. The molecule has 1 aromatic carbocycles. The van der Waals surface area contributed by atoms with Crippen LogP contribution in [0.1, 0.15) is 19.3 Å². The van der Waals surface area contributed by atoms with Gasteiger partial charge in [0.25, 0.3) is 0 Å². The average molecular weight is 354 g/mol. The summed E-state index contributed by atoms with van der Waals surface area (Å²) >= 11 is 3.39. The first-order valence-corrected chi connectivity index (χ1v) is 9.06. The van der Waals surface area contributed by atoms with Crippen molar-refractivity contribution in [3.8, 4) is 0 Å². The first-order chi connectivity index (χ1) is 9.60. The van der Waals surface area contributed by atoms with E-state index in [0.29, 0.717) is 18.4 Å². The van der Waals surface area contributed by atoms with Gasteiger partial charge in [0.15, 0.2) is 0 Å². The summed E-state index contributed by atoms with van der Waals surface area (Å²) in [6.07, 6.45) is 3.06. The average Bonchev–Trinajstić information content (AvgIpc) is 3.24. The van der Waals surface area contributed by atoms with E-state index >= 15 is 0 Å². The molecule has 2 aliphatic carbocycles. The molecule has 20 heavy (non-hydrogen) atoms. The van der Waals surface area contributed by atoms with Crippen LogP contribution in [-0.2, 0) is 15.6 Å². The molecule has 2 unspecified atom stereocenters. The summed E-state index contributed by atoms with van der Waals surface area (Å²) in [6.45, 7) is 1.44. The quantitative estimate of drug-likeness (QED) is 0.837. The predicted molar refractivity (Wildman–Crippen MR) is 80.7 cm³/mol. The zero-order chi connectivity index (χ0) is 13.9. The molecule has 1 aromatic rings. The van der Waals surface area contributed by atoms with Gasteiger partial charge in [-0.25, -0.2) is 0 Å². The predicted octanol–water partition coefficient (Wildman–Crippen LogP) is 2.57. The summed E-state index contributed by atoms with van der Waals surface area (Å²) in [5.74, 6) is 1.02. The third-order valence-electron chi connectivity index (χ3n) is 4.89. The highest BCUT2D eigenvalue weighted by molar-refractivity contribution is 9.10. The van der Waals surface area contributed by atoms with Gasteiger partial charge in [0, 0.05) is 22.5 Å². The van der Waals surface area contributed by atoms with E-state index in [2.05, 4.69) is 15.9 Å². The van der Waals surface area contributed by atoms with Gasteiger partial charge < -0.3 is 4.90 Å². The topological polar surface area (TPSA) is 37.4 Å². The van der Waals surface area contributed by atoms with E-state index in [0.717, 1.165) is 35.2 Å². The molecule has 2 atom stereocenters. The number of nitrogens with zero attached hydrogens (tertiary/aromatic N) is 1. The highest BCUT2D eigenvalue weighted by Gasteiger charge is 2.75. The first-order valence-electron chi connectivity index (χ1n) is 7.06. The summed E-state index contributed by atoms with van der Waals surface area (Å²) < 4.78 is 13.6. The summed E-state index contributed by atoms with van der Waals surface area (Å²) in [7, 11) is -1.01. The number of carbonyl (C=O) groups is 1. The lowest BCUT2D eigenvalue weighted by Crippen LogP contribution is -2.33. The Labute approximate surface area is 129 Å². The van der Waals surface area contributed by atoms with Gasteiger partial charge in [-0.3, -0.25) is 9.00 Å². The number of fused-ring (bicyclic) bond motifs is 1. The lowest BCUT2D eigenvalue weighted by atomic mass is 10.2. The molecule has 0 spiro atoms. The zero-order valence-electron chi connectivity index (χ0n) is 11.0. The molecule has 2 saturated carbocycles. The van der Waals surface area contributed by atoms with Crippen molar-refractivity contribution in [2.45, 2.75) is 29.4 Å². The Kier molecular flexibility index (Phi) is 2.87. The Morgan fingerprint density at radius 3 is 2.55 bits per heavy atom. The zero-order valence-corrected chi connectivity index (χ0v) is 13.5. The van der Waals surface area contributed by atoms with Crippen LogP contribution >= 0.6 is 15.9 Å². The van der Waals surface area contributed by atoms with Gasteiger partial charge in [0.2, 0.25) is 5.91 Å². The van der Waals surface area contributed by atoms with Crippen molar-refractivity contribution in [3.05, 3.63) is 28.7 Å². The molecule has 3 nitrogen and oxygen atoms in total. The second kappa shape index (κ2) is 4.41. The third kappa shape index (κ3) is 1.98. The van der Waals surface area contributed by atoms with Crippen molar-refractivity contribution in [1.29, 1.82) is 0 Å². The molecule has 1 saturated heterocycles. The van der Waals surface area contributed by atoms with E-state index in [9.17, 15) is 9.00 Å². The molecule has 0 aromatic heterocycles. The molecular weight excluding hydrogens is 338 g/mol. The maximum absolute atomic E-state index is 12.6. The summed E-state index contributed by atoms with van der Waals surface area (Å²) in [5, 5.41) is 0.0903. The Hall–Kier alpha value is -0.680. The molecule has 3 fully saturated rings. The van der Waals surface area contributed by atoms with E-state index in [4.69, 9.17) is 0 Å². The number of benzene rings is 1.